The zero-order valence-corrected chi connectivity index (χ0v) is 14.3. The molecule has 0 aliphatic carbocycles. The smallest absolute Gasteiger partial charge is 0.363 e. The Morgan fingerprint density at radius 2 is 2.08 bits per heavy atom. The van der Waals surface area contributed by atoms with E-state index in [4.69, 9.17) is 16.7 Å². The molecular formula is C16H15ClN4O4. The van der Waals surface area contributed by atoms with Gasteiger partial charge in [0.2, 0.25) is 5.69 Å². The molecule has 3 aromatic rings. The van der Waals surface area contributed by atoms with Gasteiger partial charge in [-0.3, -0.25) is 19.8 Å². The molecule has 0 unspecified atom stereocenters. The second kappa shape index (κ2) is 7.71. The van der Waals surface area contributed by atoms with Gasteiger partial charge in [0.15, 0.2) is 0 Å². The molecule has 3 rings (SSSR count). The molecule has 1 aromatic carbocycles. The molecule has 2 heterocycles. The van der Waals surface area contributed by atoms with Crippen LogP contribution in [0.1, 0.15) is 29.9 Å². The van der Waals surface area contributed by atoms with Gasteiger partial charge in [-0.1, -0.05) is 31.5 Å². The maximum atomic E-state index is 11.0. The van der Waals surface area contributed by atoms with E-state index in [9.17, 15) is 14.9 Å². The van der Waals surface area contributed by atoms with E-state index in [1.165, 1.54) is 4.68 Å². The number of carboxylic acid groups (broad SMARTS) is 1. The van der Waals surface area contributed by atoms with Crippen molar-refractivity contribution in [1.29, 1.82) is 0 Å². The molecule has 9 heteroatoms. The van der Waals surface area contributed by atoms with Crippen molar-refractivity contribution in [2.24, 2.45) is 0 Å². The zero-order valence-electron chi connectivity index (χ0n) is 13.5. The van der Waals surface area contributed by atoms with Crippen molar-refractivity contribution in [3.05, 3.63) is 63.1 Å². The summed E-state index contributed by atoms with van der Waals surface area (Å²) in [5, 5.41) is 24.9. The largest absolute Gasteiger partial charge is 0.476 e. The van der Waals surface area contributed by atoms with Crippen molar-refractivity contribution in [2.45, 2.75) is 20.4 Å². The van der Waals surface area contributed by atoms with E-state index in [0.29, 0.717) is 5.02 Å². The summed E-state index contributed by atoms with van der Waals surface area (Å²) in [6, 6.07) is 7.15. The minimum Gasteiger partial charge on any atom is -0.476 e. The Labute approximate surface area is 147 Å². The number of benzene rings is 1. The van der Waals surface area contributed by atoms with Crippen LogP contribution in [0, 0.1) is 10.1 Å². The Morgan fingerprint density at radius 3 is 2.68 bits per heavy atom. The average Bonchev–Trinajstić information content (AvgIpc) is 3.01. The number of rotatable bonds is 4. The van der Waals surface area contributed by atoms with Crippen molar-refractivity contribution in [3.8, 4) is 0 Å². The van der Waals surface area contributed by atoms with Gasteiger partial charge in [-0.2, -0.15) is 5.10 Å². The van der Waals surface area contributed by atoms with Crippen molar-refractivity contribution >= 4 is 34.2 Å². The van der Waals surface area contributed by atoms with E-state index in [1.807, 2.05) is 19.9 Å². The second-order valence-corrected chi connectivity index (χ2v) is 5.24. The first-order valence-corrected chi connectivity index (χ1v) is 7.81. The Hall–Kier alpha value is -3.00. The summed E-state index contributed by atoms with van der Waals surface area (Å²) in [4.78, 5) is 25.3. The van der Waals surface area contributed by atoms with Crippen LogP contribution in [0.4, 0.5) is 5.69 Å². The topological polar surface area (TPSA) is 111 Å². The summed E-state index contributed by atoms with van der Waals surface area (Å²) >= 11 is 5.90. The summed E-state index contributed by atoms with van der Waals surface area (Å²) in [6.45, 7) is 4.19. The van der Waals surface area contributed by atoms with Crippen molar-refractivity contribution in [3.63, 3.8) is 0 Å². The lowest BCUT2D eigenvalue weighted by molar-refractivity contribution is -0.385. The summed E-state index contributed by atoms with van der Waals surface area (Å²) in [7, 11) is 0. The maximum absolute atomic E-state index is 11.0. The molecule has 2 aromatic heterocycles. The van der Waals surface area contributed by atoms with Crippen LogP contribution in [0.2, 0.25) is 5.02 Å². The van der Waals surface area contributed by atoms with Gasteiger partial charge < -0.3 is 5.11 Å². The fraction of sp³-hybridized carbons (Fsp3) is 0.188. The number of halogens is 1. The summed E-state index contributed by atoms with van der Waals surface area (Å²) < 4.78 is 1.22. The first-order valence-electron chi connectivity index (χ1n) is 7.43. The number of hydrogen-bond donors (Lipinski definition) is 1. The van der Waals surface area contributed by atoms with Gasteiger partial charge in [0.1, 0.15) is 6.20 Å². The van der Waals surface area contributed by atoms with E-state index >= 15 is 0 Å². The molecule has 0 bridgehead atoms. The molecule has 25 heavy (non-hydrogen) atoms. The molecule has 0 aliphatic heterocycles. The van der Waals surface area contributed by atoms with Crippen LogP contribution in [0.15, 0.2) is 36.7 Å². The lowest BCUT2D eigenvalue weighted by Gasteiger charge is -2.04. The number of fused-ring (bicyclic) bond motifs is 1. The predicted octanol–water partition coefficient (Wildman–Crippen LogP) is 3.77. The van der Waals surface area contributed by atoms with Gasteiger partial charge in [-0.15, -0.1) is 0 Å². The highest BCUT2D eigenvalue weighted by atomic mass is 35.5. The molecule has 130 valence electrons. The highest BCUT2D eigenvalue weighted by molar-refractivity contribution is 6.31. The standard InChI is InChI=1S/C14H9ClN4O4.C2H6/c15-10-4-9-3-8(1-2-11(9)16-5-10)6-18-7-12(19(22)23)13(17-18)14(20)21;1-2/h1-5,7H,6H2,(H,20,21);1-2H3. The highest BCUT2D eigenvalue weighted by Crippen LogP contribution is 2.20. The molecule has 0 saturated carbocycles. The van der Waals surface area contributed by atoms with Crippen molar-refractivity contribution in [2.75, 3.05) is 0 Å². The highest BCUT2D eigenvalue weighted by Gasteiger charge is 2.25. The number of pyridine rings is 1. The average molecular weight is 363 g/mol. The molecule has 0 saturated heterocycles. The molecule has 0 aliphatic rings. The molecule has 1 N–H and O–H groups in total. The lowest BCUT2D eigenvalue weighted by Crippen LogP contribution is -2.04. The first kappa shape index (κ1) is 18.3. The quantitative estimate of drug-likeness (QED) is 0.558. The Bertz CT molecular complexity index is 908. The van der Waals surface area contributed by atoms with Crippen LogP contribution >= 0.6 is 11.6 Å². The minimum absolute atomic E-state index is 0.191. The monoisotopic (exact) mass is 362 g/mol. The molecule has 0 fully saturated rings. The lowest BCUT2D eigenvalue weighted by atomic mass is 10.1. The third-order valence-electron chi connectivity index (χ3n) is 3.20. The zero-order chi connectivity index (χ0) is 18.6. The fourth-order valence-corrected chi connectivity index (χ4v) is 2.38. The fourth-order valence-electron chi connectivity index (χ4n) is 2.22. The normalized spacial score (nSPS) is 10.2. The second-order valence-electron chi connectivity index (χ2n) is 4.80. The number of nitrogens with zero attached hydrogens (tertiary/aromatic N) is 4. The van der Waals surface area contributed by atoms with Gasteiger partial charge in [0.05, 0.1) is 22.0 Å². The van der Waals surface area contributed by atoms with E-state index in [-0.39, 0.29) is 6.54 Å². The summed E-state index contributed by atoms with van der Waals surface area (Å²) in [6.07, 6.45) is 2.64. The molecule has 8 nitrogen and oxygen atoms in total. The number of carbonyl (C=O) groups is 1. The van der Waals surface area contributed by atoms with E-state index < -0.39 is 22.3 Å². The number of aromatic nitrogens is 3. The van der Waals surface area contributed by atoms with E-state index in [0.717, 1.165) is 22.7 Å². The van der Waals surface area contributed by atoms with Gasteiger partial charge in [0.25, 0.3) is 0 Å². The van der Waals surface area contributed by atoms with Crippen LogP contribution in [0.3, 0.4) is 0 Å². The molecular weight excluding hydrogens is 348 g/mol. The van der Waals surface area contributed by atoms with Crippen molar-refractivity contribution in [1.82, 2.24) is 14.8 Å². The summed E-state index contributed by atoms with van der Waals surface area (Å²) in [5.41, 5.74) is 0.426. The Morgan fingerprint density at radius 1 is 1.36 bits per heavy atom. The molecule has 0 radical (unpaired) electrons. The molecule has 0 atom stereocenters. The van der Waals surface area contributed by atoms with Gasteiger partial charge in [0, 0.05) is 11.6 Å². The third-order valence-corrected chi connectivity index (χ3v) is 3.41. The first-order chi connectivity index (χ1) is 11.9. The molecule has 0 amide bonds. The maximum Gasteiger partial charge on any atom is 0.363 e. The number of nitro groups is 1. The number of hydrogen-bond acceptors (Lipinski definition) is 5. The summed E-state index contributed by atoms with van der Waals surface area (Å²) in [5.74, 6) is -1.44. The van der Waals surface area contributed by atoms with Crippen LogP contribution in [-0.4, -0.2) is 30.8 Å². The van der Waals surface area contributed by atoms with Gasteiger partial charge in [-0.05, 0) is 23.8 Å². The van der Waals surface area contributed by atoms with Gasteiger partial charge >= 0.3 is 11.7 Å². The van der Waals surface area contributed by atoms with E-state index in [1.54, 1.807) is 24.4 Å². The van der Waals surface area contributed by atoms with Crippen LogP contribution < -0.4 is 0 Å². The van der Waals surface area contributed by atoms with Gasteiger partial charge in [-0.25, -0.2) is 4.79 Å². The van der Waals surface area contributed by atoms with E-state index in [2.05, 4.69) is 10.1 Å². The SMILES string of the molecule is CC.O=C(O)c1nn(Cc2ccc3ncc(Cl)cc3c2)cc1[N+](=O)[O-]. The van der Waals surface area contributed by atoms with Crippen LogP contribution in [0.25, 0.3) is 10.9 Å². The Kier molecular flexibility index (Phi) is 5.66. The number of carboxylic acids is 1. The molecule has 0 spiro atoms. The predicted molar refractivity (Wildman–Crippen MR) is 93.0 cm³/mol. The van der Waals surface area contributed by atoms with Crippen molar-refractivity contribution < 1.29 is 14.8 Å². The third kappa shape index (κ3) is 4.10. The number of aromatic carboxylic acids is 1. The minimum atomic E-state index is -1.44. The Balaban J connectivity index is 0.00000109. The van der Waals surface area contributed by atoms with Crippen LogP contribution in [-0.2, 0) is 6.54 Å². The van der Waals surface area contributed by atoms with Crippen LogP contribution in [0.5, 0.6) is 0 Å².